The van der Waals surface area contributed by atoms with Crippen LogP contribution in [0.3, 0.4) is 0 Å². The zero-order chi connectivity index (χ0) is 23.8. The fourth-order valence-electron chi connectivity index (χ4n) is 4.01. The predicted molar refractivity (Wildman–Crippen MR) is 126 cm³/mol. The summed E-state index contributed by atoms with van der Waals surface area (Å²) in [7, 11) is 0. The van der Waals surface area contributed by atoms with Crippen LogP contribution in [0, 0.1) is 25.5 Å². The number of hydrogen-bond acceptors (Lipinski definition) is 6. The minimum atomic E-state index is -0.320. The number of carbonyl (C=O) groups excluding carboxylic acids is 1. The molecule has 10 heteroatoms. The summed E-state index contributed by atoms with van der Waals surface area (Å²) in [6, 6.07) is 12.4. The molecule has 1 aliphatic rings. The average molecular weight is 481 g/mol. The van der Waals surface area contributed by atoms with Gasteiger partial charge >= 0.3 is 0 Å². The number of rotatable bonds is 4. The van der Waals surface area contributed by atoms with Crippen molar-refractivity contribution in [1.29, 1.82) is 0 Å². The highest BCUT2D eigenvalue weighted by Crippen LogP contribution is 2.30. The fourth-order valence-corrected chi connectivity index (χ4v) is 5.08. The van der Waals surface area contributed by atoms with Crippen LogP contribution >= 0.6 is 11.3 Å². The Kier molecular flexibility index (Phi) is 5.82. The molecule has 1 amide bonds. The number of amides is 1. The first kappa shape index (κ1) is 22.1. The van der Waals surface area contributed by atoms with E-state index >= 15 is 0 Å². The summed E-state index contributed by atoms with van der Waals surface area (Å²) in [4.78, 5) is 22.4. The molecule has 0 unspecified atom stereocenters. The SMILES string of the molecule is Cc1nc(-c2nnn(-c3ccc(F)cc3)c2C)sc1C(=O)N1CCN(c2ccc(F)cc2)CC1. The van der Waals surface area contributed by atoms with E-state index in [2.05, 4.69) is 20.2 Å². The fraction of sp³-hybridized carbons (Fsp3) is 0.250. The van der Waals surface area contributed by atoms with Gasteiger partial charge in [-0.25, -0.2) is 18.4 Å². The van der Waals surface area contributed by atoms with Crippen LogP contribution < -0.4 is 4.90 Å². The number of thiazole rings is 1. The highest BCUT2D eigenvalue weighted by atomic mass is 32.1. The summed E-state index contributed by atoms with van der Waals surface area (Å²) in [5.74, 6) is -0.635. The minimum absolute atomic E-state index is 0.0522. The van der Waals surface area contributed by atoms with Gasteiger partial charge < -0.3 is 9.80 Å². The van der Waals surface area contributed by atoms with E-state index in [4.69, 9.17) is 0 Å². The van der Waals surface area contributed by atoms with Crippen molar-refractivity contribution < 1.29 is 13.6 Å². The number of halogens is 2. The summed E-state index contributed by atoms with van der Waals surface area (Å²) in [6.07, 6.45) is 0. The van der Waals surface area contributed by atoms with E-state index in [-0.39, 0.29) is 17.5 Å². The van der Waals surface area contributed by atoms with Gasteiger partial charge in [-0.15, -0.1) is 16.4 Å². The van der Waals surface area contributed by atoms with Gasteiger partial charge in [0.05, 0.1) is 17.1 Å². The van der Waals surface area contributed by atoms with Crippen LogP contribution in [0.5, 0.6) is 0 Å². The van der Waals surface area contributed by atoms with E-state index in [0.717, 1.165) is 11.4 Å². The maximum Gasteiger partial charge on any atom is 0.265 e. The van der Waals surface area contributed by atoms with Crippen LogP contribution in [-0.4, -0.2) is 57.0 Å². The largest absolute Gasteiger partial charge is 0.368 e. The standard InChI is InChI=1S/C24H22F2N6OS/c1-15-22(24(33)31-13-11-30(12-14-31)19-7-3-17(25)4-8-19)34-23(27-15)21-16(2)32(29-28-21)20-9-5-18(26)6-10-20/h3-10H,11-14H2,1-2H3. The molecule has 1 aliphatic heterocycles. The van der Waals surface area contributed by atoms with Gasteiger partial charge in [0.1, 0.15) is 27.2 Å². The molecule has 0 spiro atoms. The van der Waals surface area contributed by atoms with E-state index in [1.165, 1.54) is 35.6 Å². The lowest BCUT2D eigenvalue weighted by atomic mass is 10.2. The third kappa shape index (κ3) is 4.16. The predicted octanol–water partition coefficient (Wildman–Crippen LogP) is 4.25. The summed E-state index contributed by atoms with van der Waals surface area (Å²) >= 11 is 1.30. The van der Waals surface area contributed by atoms with Crippen molar-refractivity contribution in [1.82, 2.24) is 24.9 Å². The normalized spacial score (nSPS) is 14.0. The molecule has 0 bridgehead atoms. The van der Waals surface area contributed by atoms with E-state index in [0.29, 0.717) is 53.1 Å². The Balaban J connectivity index is 1.32. The van der Waals surface area contributed by atoms with Gasteiger partial charge in [-0.2, -0.15) is 0 Å². The van der Waals surface area contributed by atoms with Crippen molar-refractivity contribution in [3.05, 3.63) is 76.4 Å². The van der Waals surface area contributed by atoms with Crippen LogP contribution in [0.4, 0.5) is 14.5 Å². The Morgan fingerprint density at radius 1 is 0.882 bits per heavy atom. The lowest BCUT2D eigenvalue weighted by Gasteiger charge is -2.36. The molecule has 0 N–H and O–H groups in total. The van der Waals surface area contributed by atoms with Crippen LogP contribution in [0.15, 0.2) is 48.5 Å². The smallest absolute Gasteiger partial charge is 0.265 e. The first-order valence-electron chi connectivity index (χ1n) is 10.9. The maximum absolute atomic E-state index is 13.3. The van der Waals surface area contributed by atoms with Gasteiger partial charge in [0.15, 0.2) is 0 Å². The lowest BCUT2D eigenvalue weighted by molar-refractivity contribution is 0.0750. The van der Waals surface area contributed by atoms with Gasteiger partial charge in [0.25, 0.3) is 5.91 Å². The molecule has 174 valence electrons. The van der Waals surface area contributed by atoms with Crippen molar-refractivity contribution >= 4 is 22.9 Å². The third-order valence-corrected chi connectivity index (χ3v) is 7.07. The summed E-state index contributed by atoms with van der Waals surface area (Å²) in [5, 5.41) is 9.09. The van der Waals surface area contributed by atoms with Crippen molar-refractivity contribution in [2.75, 3.05) is 31.1 Å². The number of nitrogens with zero attached hydrogens (tertiary/aromatic N) is 6. The van der Waals surface area contributed by atoms with Gasteiger partial charge in [0, 0.05) is 31.9 Å². The van der Waals surface area contributed by atoms with Gasteiger partial charge in [-0.3, -0.25) is 4.79 Å². The Morgan fingerprint density at radius 3 is 2.09 bits per heavy atom. The number of benzene rings is 2. The van der Waals surface area contributed by atoms with E-state index < -0.39 is 0 Å². The van der Waals surface area contributed by atoms with Crippen molar-refractivity contribution in [3.8, 4) is 16.4 Å². The number of carbonyl (C=O) groups is 1. The Hall–Kier alpha value is -3.66. The molecule has 34 heavy (non-hydrogen) atoms. The highest BCUT2D eigenvalue weighted by Gasteiger charge is 2.27. The number of aromatic nitrogens is 4. The van der Waals surface area contributed by atoms with E-state index in [1.54, 1.807) is 28.9 Å². The first-order chi connectivity index (χ1) is 16.4. The molecule has 4 aromatic rings. The Bertz CT molecular complexity index is 1320. The number of anilines is 1. The second-order valence-corrected chi connectivity index (χ2v) is 9.10. The second kappa shape index (κ2) is 8.94. The zero-order valence-corrected chi connectivity index (χ0v) is 19.5. The topological polar surface area (TPSA) is 67.2 Å². The molecule has 1 fully saturated rings. The van der Waals surface area contributed by atoms with E-state index in [9.17, 15) is 13.6 Å². The molecule has 3 heterocycles. The van der Waals surface area contributed by atoms with Crippen molar-refractivity contribution in [2.24, 2.45) is 0 Å². The van der Waals surface area contributed by atoms with Crippen LogP contribution in [-0.2, 0) is 0 Å². The average Bonchev–Trinajstić information content (AvgIpc) is 3.42. The summed E-state index contributed by atoms with van der Waals surface area (Å²) in [6.45, 7) is 6.18. The quantitative estimate of drug-likeness (QED) is 0.437. The maximum atomic E-state index is 13.3. The van der Waals surface area contributed by atoms with Crippen LogP contribution in [0.2, 0.25) is 0 Å². The second-order valence-electron chi connectivity index (χ2n) is 8.10. The van der Waals surface area contributed by atoms with Crippen molar-refractivity contribution in [3.63, 3.8) is 0 Å². The Labute approximate surface area is 199 Å². The van der Waals surface area contributed by atoms with Gasteiger partial charge in [-0.05, 0) is 62.4 Å². The van der Waals surface area contributed by atoms with Gasteiger partial charge in [-0.1, -0.05) is 5.21 Å². The zero-order valence-electron chi connectivity index (χ0n) is 18.7. The van der Waals surface area contributed by atoms with E-state index in [1.807, 2.05) is 18.7 Å². The third-order valence-electron chi connectivity index (χ3n) is 5.92. The molecular formula is C24H22F2N6OS. The van der Waals surface area contributed by atoms with Crippen molar-refractivity contribution in [2.45, 2.75) is 13.8 Å². The minimum Gasteiger partial charge on any atom is -0.368 e. The van der Waals surface area contributed by atoms with Gasteiger partial charge in [0.2, 0.25) is 0 Å². The molecular weight excluding hydrogens is 458 g/mol. The monoisotopic (exact) mass is 480 g/mol. The summed E-state index contributed by atoms with van der Waals surface area (Å²) in [5.41, 5.74) is 3.65. The number of hydrogen-bond donors (Lipinski definition) is 0. The number of aryl methyl sites for hydroxylation is 1. The molecule has 7 nitrogen and oxygen atoms in total. The molecule has 2 aromatic carbocycles. The highest BCUT2D eigenvalue weighted by molar-refractivity contribution is 7.17. The molecule has 0 aliphatic carbocycles. The first-order valence-corrected chi connectivity index (χ1v) is 11.7. The molecule has 0 saturated carbocycles. The lowest BCUT2D eigenvalue weighted by Crippen LogP contribution is -2.48. The molecule has 1 saturated heterocycles. The molecule has 0 radical (unpaired) electrons. The van der Waals surface area contributed by atoms with Crippen LogP contribution in [0.25, 0.3) is 16.4 Å². The summed E-state index contributed by atoms with van der Waals surface area (Å²) < 4.78 is 28.1. The molecule has 5 rings (SSSR count). The Morgan fingerprint density at radius 2 is 1.47 bits per heavy atom. The number of piperazine rings is 1. The molecule has 2 aromatic heterocycles. The van der Waals surface area contributed by atoms with Crippen LogP contribution in [0.1, 0.15) is 21.1 Å². The molecule has 0 atom stereocenters.